The molecule has 2 fully saturated rings. The molecule has 0 unspecified atom stereocenters. The van der Waals surface area contributed by atoms with E-state index in [-0.39, 0.29) is 42.9 Å². The number of aromatic hydroxyl groups is 1. The molecule has 2 aliphatic heterocycles. The zero-order valence-corrected chi connectivity index (χ0v) is 24.4. The normalized spacial score (nSPS) is 18.3. The van der Waals surface area contributed by atoms with Crippen molar-refractivity contribution >= 4 is 45.0 Å². The van der Waals surface area contributed by atoms with Gasteiger partial charge in [-0.25, -0.2) is 0 Å². The van der Waals surface area contributed by atoms with Crippen LogP contribution in [0.25, 0.3) is 21.5 Å². The van der Waals surface area contributed by atoms with Crippen LogP contribution in [0.3, 0.4) is 0 Å². The minimum atomic E-state index is -0.977. The van der Waals surface area contributed by atoms with E-state index < -0.39 is 24.0 Å². The largest absolute Gasteiger partial charge is 0.508 e. The van der Waals surface area contributed by atoms with E-state index in [1.807, 2.05) is 66.7 Å². The van der Waals surface area contributed by atoms with Gasteiger partial charge in [0.2, 0.25) is 5.91 Å². The third-order valence-electron chi connectivity index (χ3n) is 9.00. The molecule has 3 amide bonds. The SMILES string of the molecule is O=C(N[C@@H](Cc1ccc(O)cc1)C(=O)N1CC[C@@H]2[C@H]1C(=O)CN2C(=O)c1cccc2ccccc12)c1cccc2ccccc12. The van der Waals surface area contributed by atoms with Gasteiger partial charge in [-0.1, -0.05) is 84.9 Å². The minimum Gasteiger partial charge on any atom is -0.508 e. The van der Waals surface area contributed by atoms with Gasteiger partial charge in [-0.15, -0.1) is 0 Å². The lowest BCUT2D eigenvalue weighted by atomic mass is 10.0. The molecule has 45 heavy (non-hydrogen) atoms. The quantitative estimate of drug-likeness (QED) is 0.294. The molecule has 0 radical (unpaired) electrons. The fourth-order valence-electron chi connectivity index (χ4n) is 6.83. The smallest absolute Gasteiger partial charge is 0.255 e. The first-order valence-corrected chi connectivity index (χ1v) is 15.1. The first-order chi connectivity index (χ1) is 21.9. The van der Waals surface area contributed by atoms with Crippen LogP contribution >= 0.6 is 0 Å². The Morgan fingerprint density at radius 1 is 0.756 bits per heavy atom. The highest BCUT2D eigenvalue weighted by molar-refractivity contribution is 6.11. The van der Waals surface area contributed by atoms with E-state index in [1.54, 1.807) is 35.2 Å². The van der Waals surface area contributed by atoms with E-state index in [9.17, 15) is 24.3 Å². The highest BCUT2D eigenvalue weighted by Crippen LogP contribution is 2.33. The molecule has 0 aromatic heterocycles. The summed E-state index contributed by atoms with van der Waals surface area (Å²) in [6.07, 6.45) is 0.623. The molecule has 2 aliphatic rings. The van der Waals surface area contributed by atoms with Crippen molar-refractivity contribution < 1.29 is 24.3 Å². The average Bonchev–Trinajstić information content (AvgIpc) is 3.65. The Kier molecular flexibility index (Phi) is 7.25. The Balaban J connectivity index is 1.17. The van der Waals surface area contributed by atoms with E-state index in [4.69, 9.17) is 0 Å². The average molecular weight is 598 g/mol. The van der Waals surface area contributed by atoms with Crippen LogP contribution in [-0.2, 0) is 16.0 Å². The van der Waals surface area contributed by atoms with Gasteiger partial charge in [0.25, 0.3) is 11.8 Å². The monoisotopic (exact) mass is 597 g/mol. The summed E-state index contributed by atoms with van der Waals surface area (Å²) in [4.78, 5) is 58.4. The maximum absolute atomic E-state index is 14.3. The fourth-order valence-corrected chi connectivity index (χ4v) is 6.83. The summed E-state index contributed by atoms with van der Waals surface area (Å²) in [6, 6.07) is 30.5. The van der Waals surface area contributed by atoms with E-state index in [0.717, 1.165) is 27.1 Å². The summed E-state index contributed by atoms with van der Waals surface area (Å²) in [5.41, 5.74) is 1.71. The van der Waals surface area contributed by atoms with Crippen molar-refractivity contribution in [2.24, 2.45) is 0 Å². The minimum absolute atomic E-state index is 0.0772. The second kappa shape index (κ2) is 11.5. The molecule has 0 aliphatic carbocycles. The molecule has 2 heterocycles. The molecule has 3 atom stereocenters. The molecule has 224 valence electrons. The standard InChI is InChI=1S/C37H31N3O5/c41-26-17-15-23(16-18-26)21-31(38-35(43)29-13-5-9-24-7-1-3-11-27(24)29)37(45)39-20-19-32-34(39)33(42)22-40(32)36(44)30-14-6-10-25-8-2-4-12-28(25)30/h1-18,31-32,34,41H,19-22H2,(H,38,43)/t31-,32+,34-/m0/s1. The summed E-state index contributed by atoms with van der Waals surface area (Å²) in [5.74, 6) is -1.10. The summed E-state index contributed by atoms with van der Waals surface area (Å²) < 4.78 is 0. The molecule has 0 spiro atoms. The van der Waals surface area contributed by atoms with Gasteiger partial charge in [0.1, 0.15) is 17.8 Å². The third kappa shape index (κ3) is 5.18. The molecule has 2 saturated heterocycles. The van der Waals surface area contributed by atoms with Crippen LogP contribution in [0.15, 0.2) is 109 Å². The van der Waals surface area contributed by atoms with Crippen molar-refractivity contribution in [2.75, 3.05) is 13.1 Å². The molecule has 2 N–H and O–H groups in total. The molecular weight excluding hydrogens is 566 g/mol. The number of benzene rings is 5. The number of phenolic OH excluding ortho intramolecular Hbond substituents is 1. The number of nitrogens with one attached hydrogen (secondary N) is 1. The van der Waals surface area contributed by atoms with Gasteiger partial charge in [-0.3, -0.25) is 19.2 Å². The zero-order chi connectivity index (χ0) is 31.1. The molecule has 5 aromatic rings. The summed E-state index contributed by atoms with van der Waals surface area (Å²) >= 11 is 0. The van der Waals surface area contributed by atoms with E-state index in [2.05, 4.69) is 5.32 Å². The number of likely N-dealkylation sites (tertiary alicyclic amines) is 2. The Hall–Kier alpha value is -5.50. The van der Waals surface area contributed by atoms with Crippen molar-refractivity contribution in [2.45, 2.75) is 31.0 Å². The number of nitrogens with zero attached hydrogens (tertiary/aromatic N) is 2. The van der Waals surface area contributed by atoms with Gasteiger partial charge in [-0.2, -0.15) is 0 Å². The number of rotatable bonds is 6. The Labute approximate surface area is 259 Å². The first kappa shape index (κ1) is 28.3. The first-order valence-electron chi connectivity index (χ1n) is 15.1. The van der Waals surface area contributed by atoms with Gasteiger partial charge < -0.3 is 20.2 Å². The number of Topliss-reactive ketones (excluding diaryl/α,β-unsaturated/α-hetero) is 1. The van der Waals surface area contributed by atoms with E-state index in [1.165, 1.54) is 17.0 Å². The Bertz CT molecular complexity index is 1960. The number of ketones is 1. The van der Waals surface area contributed by atoms with Crippen LogP contribution in [0, 0.1) is 0 Å². The maximum atomic E-state index is 14.3. The van der Waals surface area contributed by atoms with Crippen molar-refractivity contribution in [3.05, 3.63) is 126 Å². The van der Waals surface area contributed by atoms with Crippen LogP contribution in [-0.4, -0.2) is 69.6 Å². The van der Waals surface area contributed by atoms with Crippen molar-refractivity contribution in [1.82, 2.24) is 15.1 Å². The summed E-state index contributed by atoms with van der Waals surface area (Å²) in [5, 5.41) is 16.2. The number of phenols is 1. The number of hydrogen-bond acceptors (Lipinski definition) is 5. The maximum Gasteiger partial charge on any atom is 0.255 e. The summed E-state index contributed by atoms with van der Waals surface area (Å²) in [7, 11) is 0. The highest BCUT2D eigenvalue weighted by Gasteiger charge is 2.52. The molecule has 0 saturated carbocycles. The number of amides is 3. The second-order valence-corrected chi connectivity index (χ2v) is 11.7. The molecule has 7 rings (SSSR count). The van der Waals surface area contributed by atoms with Crippen LogP contribution < -0.4 is 5.32 Å². The number of carbonyl (C=O) groups is 4. The van der Waals surface area contributed by atoms with Crippen molar-refractivity contribution in [1.29, 1.82) is 0 Å². The van der Waals surface area contributed by atoms with Crippen LogP contribution in [0.4, 0.5) is 0 Å². The second-order valence-electron chi connectivity index (χ2n) is 11.7. The Morgan fingerprint density at radius 2 is 1.36 bits per heavy atom. The predicted molar refractivity (Wildman–Crippen MR) is 171 cm³/mol. The van der Waals surface area contributed by atoms with Gasteiger partial charge in [0, 0.05) is 24.1 Å². The van der Waals surface area contributed by atoms with Crippen LogP contribution in [0.5, 0.6) is 5.75 Å². The third-order valence-corrected chi connectivity index (χ3v) is 9.00. The van der Waals surface area contributed by atoms with Gasteiger partial charge >= 0.3 is 0 Å². The van der Waals surface area contributed by atoms with E-state index >= 15 is 0 Å². The van der Waals surface area contributed by atoms with Crippen molar-refractivity contribution in [3.63, 3.8) is 0 Å². The molecule has 5 aromatic carbocycles. The summed E-state index contributed by atoms with van der Waals surface area (Å²) in [6.45, 7) is 0.210. The van der Waals surface area contributed by atoms with Gasteiger partial charge in [0.05, 0.1) is 12.6 Å². The van der Waals surface area contributed by atoms with Crippen molar-refractivity contribution in [3.8, 4) is 5.75 Å². The highest BCUT2D eigenvalue weighted by atomic mass is 16.3. The van der Waals surface area contributed by atoms with Crippen LogP contribution in [0.2, 0.25) is 0 Å². The van der Waals surface area contributed by atoms with Gasteiger partial charge in [0.15, 0.2) is 5.78 Å². The van der Waals surface area contributed by atoms with E-state index in [0.29, 0.717) is 17.5 Å². The lowest BCUT2D eigenvalue weighted by Crippen LogP contribution is -2.53. The topological polar surface area (TPSA) is 107 Å². The Morgan fingerprint density at radius 3 is 2.04 bits per heavy atom. The number of fused-ring (bicyclic) bond motifs is 3. The molecule has 0 bridgehead atoms. The molecular formula is C37H31N3O5. The molecule has 8 nitrogen and oxygen atoms in total. The number of hydrogen-bond donors (Lipinski definition) is 2. The zero-order valence-electron chi connectivity index (χ0n) is 24.4. The van der Waals surface area contributed by atoms with Gasteiger partial charge in [-0.05, 0) is 57.8 Å². The lowest BCUT2D eigenvalue weighted by molar-refractivity contribution is -0.138. The van der Waals surface area contributed by atoms with Crippen LogP contribution in [0.1, 0.15) is 32.7 Å². The number of carbonyl (C=O) groups excluding carboxylic acids is 4. The fraction of sp³-hybridized carbons (Fsp3) is 0.189. The molecule has 8 heteroatoms. The predicted octanol–water partition coefficient (Wildman–Crippen LogP) is 4.73. The lowest BCUT2D eigenvalue weighted by Gasteiger charge is -2.28.